The van der Waals surface area contributed by atoms with Gasteiger partial charge in [-0.25, -0.2) is 9.67 Å². The lowest BCUT2D eigenvalue weighted by Gasteiger charge is -2.28. The van der Waals surface area contributed by atoms with E-state index in [4.69, 9.17) is 0 Å². The Morgan fingerprint density at radius 2 is 2.05 bits per heavy atom. The van der Waals surface area contributed by atoms with E-state index in [1.807, 2.05) is 4.68 Å². The molecule has 1 unspecified atom stereocenters. The first-order valence-corrected chi connectivity index (χ1v) is 7.50. The highest BCUT2D eigenvalue weighted by Crippen LogP contribution is 2.24. The number of aromatic nitrogens is 3. The first-order chi connectivity index (χ1) is 9.26. The molecule has 3 rings (SSSR count). The van der Waals surface area contributed by atoms with E-state index in [1.165, 1.54) is 25.9 Å². The Balaban J connectivity index is 1.67. The van der Waals surface area contributed by atoms with E-state index in [9.17, 15) is 5.11 Å². The van der Waals surface area contributed by atoms with Crippen molar-refractivity contribution in [2.75, 3.05) is 26.7 Å². The second-order valence-electron chi connectivity index (χ2n) is 6.07. The molecular weight excluding hydrogens is 240 g/mol. The van der Waals surface area contributed by atoms with Crippen LogP contribution in [0.4, 0.5) is 0 Å². The molecule has 0 bridgehead atoms. The van der Waals surface area contributed by atoms with Crippen LogP contribution in [0.2, 0.25) is 0 Å². The van der Waals surface area contributed by atoms with Crippen molar-refractivity contribution < 1.29 is 5.11 Å². The number of likely N-dealkylation sites (tertiary alicyclic amines) is 1. The zero-order valence-electron chi connectivity index (χ0n) is 11.8. The molecule has 1 atom stereocenters. The molecule has 0 spiro atoms. The van der Waals surface area contributed by atoms with Crippen molar-refractivity contribution in [3.8, 4) is 0 Å². The van der Waals surface area contributed by atoms with E-state index in [0.717, 1.165) is 43.3 Å². The van der Waals surface area contributed by atoms with Crippen LogP contribution in [0.25, 0.3) is 0 Å². The fourth-order valence-corrected chi connectivity index (χ4v) is 3.27. The van der Waals surface area contributed by atoms with Gasteiger partial charge in [0.2, 0.25) is 0 Å². The Hall–Kier alpha value is -0.940. The molecule has 0 radical (unpaired) electrons. The second-order valence-corrected chi connectivity index (χ2v) is 6.07. The number of hydrogen-bond acceptors (Lipinski definition) is 4. The Bertz CT molecular complexity index is 423. The molecule has 0 aliphatic carbocycles. The van der Waals surface area contributed by atoms with Crippen LogP contribution < -0.4 is 0 Å². The van der Waals surface area contributed by atoms with Gasteiger partial charge in [0.15, 0.2) is 5.82 Å². The molecule has 1 aromatic rings. The summed E-state index contributed by atoms with van der Waals surface area (Å²) in [6.07, 6.45) is 6.68. The SMILES string of the molecule is CN1CCC(Cc2nc3n(n2)C(CO)CCC3)CC1. The number of hydrogen-bond donors (Lipinski definition) is 1. The van der Waals surface area contributed by atoms with E-state index >= 15 is 0 Å². The molecule has 1 fully saturated rings. The Kier molecular flexibility index (Phi) is 3.84. The molecule has 2 aliphatic rings. The fourth-order valence-electron chi connectivity index (χ4n) is 3.27. The van der Waals surface area contributed by atoms with E-state index < -0.39 is 0 Å². The van der Waals surface area contributed by atoms with E-state index in [1.54, 1.807) is 0 Å². The number of aliphatic hydroxyl groups is 1. The van der Waals surface area contributed by atoms with Gasteiger partial charge >= 0.3 is 0 Å². The highest BCUT2D eigenvalue weighted by Gasteiger charge is 2.24. The van der Waals surface area contributed by atoms with Gasteiger partial charge in [-0.2, -0.15) is 5.10 Å². The molecular formula is C14H24N4O. The smallest absolute Gasteiger partial charge is 0.151 e. The lowest BCUT2D eigenvalue weighted by Crippen LogP contribution is -2.31. The second kappa shape index (κ2) is 5.59. The summed E-state index contributed by atoms with van der Waals surface area (Å²) in [4.78, 5) is 7.08. The third kappa shape index (κ3) is 2.82. The van der Waals surface area contributed by atoms with Gasteiger partial charge < -0.3 is 10.0 Å². The largest absolute Gasteiger partial charge is 0.394 e. The summed E-state index contributed by atoms with van der Waals surface area (Å²) >= 11 is 0. The average Bonchev–Trinajstić information content (AvgIpc) is 2.83. The van der Waals surface area contributed by atoms with Crippen molar-refractivity contribution in [2.24, 2.45) is 5.92 Å². The molecule has 0 aromatic carbocycles. The first kappa shape index (κ1) is 13.1. The zero-order valence-corrected chi connectivity index (χ0v) is 11.8. The standard InChI is InChI=1S/C14H24N4O/c1-17-7-5-11(6-8-17)9-13-15-14-4-2-3-12(10-19)18(14)16-13/h11-12,19H,2-10H2,1H3. The van der Waals surface area contributed by atoms with Crippen LogP contribution in [0, 0.1) is 5.92 Å². The highest BCUT2D eigenvalue weighted by atomic mass is 16.3. The number of rotatable bonds is 3. The van der Waals surface area contributed by atoms with E-state index in [0.29, 0.717) is 0 Å². The van der Waals surface area contributed by atoms with Crippen molar-refractivity contribution in [3.05, 3.63) is 11.6 Å². The molecule has 2 aliphatic heterocycles. The number of fused-ring (bicyclic) bond motifs is 1. The maximum absolute atomic E-state index is 9.40. The summed E-state index contributed by atoms with van der Waals surface area (Å²) in [5, 5.41) is 14.1. The number of piperidine rings is 1. The summed E-state index contributed by atoms with van der Waals surface area (Å²) in [7, 11) is 2.19. The van der Waals surface area contributed by atoms with Gasteiger partial charge in [0.1, 0.15) is 5.82 Å². The van der Waals surface area contributed by atoms with Crippen molar-refractivity contribution in [1.82, 2.24) is 19.7 Å². The molecule has 19 heavy (non-hydrogen) atoms. The quantitative estimate of drug-likeness (QED) is 0.886. The van der Waals surface area contributed by atoms with Crippen LogP contribution in [0.1, 0.15) is 43.4 Å². The van der Waals surface area contributed by atoms with Crippen molar-refractivity contribution in [2.45, 2.75) is 44.6 Å². The molecule has 5 heteroatoms. The van der Waals surface area contributed by atoms with E-state index in [2.05, 4.69) is 22.0 Å². The maximum atomic E-state index is 9.40. The molecule has 0 saturated carbocycles. The minimum Gasteiger partial charge on any atom is -0.394 e. The molecule has 1 aromatic heterocycles. The first-order valence-electron chi connectivity index (χ1n) is 7.50. The van der Waals surface area contributed by atoms with Crippen molar-refractivity contribution in [1.29, 1.82) is 0 Å². The molecule has 1 saturated heterocycles. The Labute approximate surface area is 114 Å². The predicted molar refractivity (Wildman–Crippen MR) is 73.0 cm³/mol. The topological polar surface area (TPSA) is 54.2 Å². The normalized spacial score (nSPS) is 25.5. The van der Waals surface area contributed by atoms with Crippen LogP contribution in [0.5, 0.6) is 0 Å². The van der Waals surface area contributed by atoms with Gasteiger partial charge in [-0.1, -0.05) is 0 Å². The van der Waals surface area contributed by atoms with Crippen LogP contribution in [0.15, 0.2) is 0 Å². The Morgan fingerprint density at radius 3 is 2.79 bits per heavy atom. The monoisotopic (exact) mass is 264 g/mol. The van der Waals surface area contributed by atoms with Gasteiger partial charge in [0, 0.05) is 12.8 Å². The van der Waals surface area contributed by atoms with Crippen molar-refractivity contribution >= 4 is 0 Å². The molecule has 0 amide bonds. The van der Waals surface area contributed by atoms with Gasteiger partial charge in [-0.3, -0.25) is 0 Å². The minimum atomic E-state index is 0.155. The van der Waals surface area contributed by atoms with Crippen LogP contribution in [0.3, 0.4) is 0 Å². The summed E-state index contributed by atoms with van der Waals surface area (Å²) in [6, 6.07) is 0.155. The lowest BCUT2D eigenvalue weighted by atomic mass is 9.94. The van der Waals surface area contributed by atoms with Crippen LogP contribution >= 0.6 is 0 Å². The van der Waals surface area contributed by atoms with Crippen molar-refractivity contribution in [3.63, 3.8) is 0 Å². The summed E-state index contributed by atoms with van der Waals surface area (Å²) in [5.41, 5.74) is 0. The molecule has 3 heterocycles. The van der Waals surface area contributed by atoms with Gasteiger partial charge in [0.05, 0.1) is 12.6 Å². The number of aryl methyl sites for hydroxylation is 1. The average molecular weight is 264 g/mol. The Morgan fingerprint density at radius 1 is 1.26 bits per heavy atom. The molecule has 5 nitrogen and oxygen atoms in total. The highest BCUT2D eigenvalue weighted by molar-refractivity contribution is 4.99. The van der Waals surface area contributed by atoms with Crippen LogP contribution in [-0.2, 0) is 12.8 Å². The predicted octanol–water partition coefficient (Wildman–Crippen LogP) is 1.03. The third-order valence-corrected chi connectivity index (χ3v) is 4.55. The zero-order chi connectivity index (χ0) is 13.2. The molecule has 1 N–H and O–H groups in total. The summed E-state index contributed by atoms with van der Waals surface area (Å²) in [6.45, 7) is 2.57. The number of nitrogens with zero attached hydrogens (tertiary/aromatic N) is 4. The third-order valence-electron chi connectivity index (χ3n) is 4.55. The molecule has 106 valence electrons. The summed E-state index contributed by atoms with van der Waals surface area (Å²) in [5.74, 6) is 2.80. The van der Waals surface area contributed by atoms with Crippen LogP contribution in [-0.4, -0.2) is 51.5 Å². The van der Waals surface area contributed by atoms with Gasteiger partial charge in [-0.05, 0) is 51.7 Å². The maximum Gasteiger partial charge on any atom is 0.151 e. The lowest BCUT2D eigenvalue weighted by molar-refractivity contribution is 0.194. The van der Waals surface area contributed by atoms with E-state index in [-0.39, 0.29) is 12.6 Å². The fraction of sp³-hybridized carbons (Fsp3) is 0.857. The summed E-state index contributed by atoms with van der Waals surface area (Å²) < 4.78 is 1.98. The number of aliphatic hydroxyl groups excluding tert-OH is 1. The van der Waals surface area contributed by atoms with Gasteiger partial charge in [0.25, 0.3) is 0 Å². The van der Waals surface area contributed by atoms with Gasteiger partial charge in [-0.15, -0.1) is 0 Å². The minimum absolute atomic E-state index is 0.155.